The van der Waals surface area contributed by atoms with Crippen LogP contribution in [0.4, 0.5) is 11.5 Å². The Morgan fingerprint density at radius 2 is 2.04 bits per heavy atom. The van der Waals surface area contributed by atoms with Gasteiger partial charge in [0.1, 0.15) is 16.4 Å². The van der Waals surface area contributed by atoms with Crippen molar-refractivity contribution in [3.05, 3.63) is 40.0 Å². The second-order valence-corrected chi connectivity index (χ2v) is 7.36. The van der Waals surface area contributed by atoms with Crippen LogP contribution in [0.3, 0.4) is 0 Å². The molecule has 1 aliphatic carbocycles. The fraction of sp³-hybridized carbons (Fsp3) is 0.333. The smallest absolute Gasteiger partial charge is 0.225 e. The Morgan fingerprint density at radius 1 is 1.17 bits per heavy atom. The van der Waals surface area contributed by atoms with Crippen LogP contribution in [0.2, 0.25) is 5.28 Å². The molecule has 24 heavy (non-hydrogen) atoms. The highest BCUT2D eigenvalue weighted by atomic mass is 35.5. The summed E-state index contributed by atoms with van der Waals surface area (Å²) in [6, 6.07) is 7.82. The number of nitrogens with one attached hydrogen (secondary N) is 1. The van der Waals surface area contributed by atoms with Crippen LogP contribution in [-0.4, -0.2) is 17.1 Å². The molecular weight excluding hydrogens is 342 g/mol. The van der Waals surface area contributed by atoms with Crippen molar-refractivity contribution in [2.45, 2.75) is 32.1 Å². The lowest BCUT2D eigenvalue weighted by atomic mass is 10.1. The number of hydrogen-bond acceptors (Lipinski definition) is 5. The van der Waals surface area contributed by atoms with Crippen molar-refractivity contribution in [3.63, 3.8) is 0 Å². The van der Waals surface area contributed by atoms with Crippen LogP contribution < -0.4 is 10.1 Å². The van der Waals surface area contributed by atoms with Crippen molar-refractivity contribution in [1.29, 1.82) is 0 Å². The number of aromatic nitrogens is 2. The monoisotopic (exact) mass is 359 g/mol. The first kappa shape index (κ1) is 15.7. The number of methoxy groups -OCH3 is 1. The lowest BCUT2D eigenvalue weighted by Gasteiger charge is -2.10. The van der Waals surface area contributed by atoms with E-state index in [9.17, 15) is 0 Å². The zero-order valence-electron chi connectivity index (χ0n) is 13.4. The summed E-state index contributed by atoms with van der Waals surface area (Å²) in [7, 11) is 1.66. The number of anilines is 2. The predicted molar refractivity (Wildman–Crippen MR) is 100.0 cm³/mol. The van der Waals surface area contributed by atoms with Crippen LogP contribution in [0.25, 0.3) is 10.2 Å². The van der Waals surface area contributed by atoms with Crippen molar-refractivity contribution < 1.29 is 4.74 Å². The second-order valence-electron chi connectivity index (χ2n) is 5.94. The van der Waals surface area contributed by atoms with Crippen molar-refractivity contribution in [1.82, 2.24) is 9.97 Å². The molecule has 124 valence electrons. The van der Waals surface area contributed by atoms with Crippen LogP contribution in [0.15, 0.2) is 24.3 Å². The van der Waals surface area contributed by atoms with Crippen LogP contribution in [0, 0.1) is 0 Å². The molecule has 0 aliphatic heterocycles. The Morgan fingerprint density at radius 3 is 2.92 bits per heavy atom. The van der Waals surface area contributed by atoms with Crippen molar-refractivity contribution in [3.8, 4) is 5.75 Å². The number of rotatable bonds is 3. The van der Waals surface area contributed by atoms with E-state index in [2.05, 4.69) is 15.3 Å². The number of halogens is 1. The number of nitrogens with zero attached hydrogens (tertiary/aromatic N) is 2. The number of fused-ring (bicyclic) bond motifs is 3. The van der Waals surface area contributed by atoms with Crippen LogP contribution in [-0.2, 0) is 12.8 Å². The highest BCUT2D eigenvalue weighted by molar-refractivity contribution is 7.19. The highest BCUT2D eigenvalue weighted by Crippen LogP contribution is 2.39. The van der Waals surface area contributed by atoms with Gasteiger partial charge in [0.25, 0.3) is 0 Å². The summed E-state index contributed by atoms with van der Waals surface area (Å²) in [6.45, 7) is 0. The van der Waals surface area contributed by atoms with Gasteiger partial charge in [0.2, 0.25) is 5.28 Å². The zero-order chi connectivity index (χ0) is 16.5. The lowest BCUT2D eigenvalue weighted by Crippen LogP contribution is -1.98. The molecule has 6 heteroatoms. The van der Waals surface area contributed by atoms with Gasteiger partial charge in [-0.1, -0.05) is 12.5 Å². The van der Waals surface area contributed by atoms with E-state index in [0.717, 1.165) is 40.3 Å². The number of ether oxygens (including phenoxy) is 1. The third-order valence-electron chi connectivity index (χ3n) is 4.37. The quantitative estimate of drug-likeness (QED) is 0.504. The minimum Gasteiger partial charge on any atom is -0.497 e. The Kier molecular flexibility index (Phi) is 4.29. The van der Waals surface area contributed by atoms with Gasteiger partial charge in [-0.3, -0.25) is 0 Å². The third kappa shape index (κ3) is 2.94. The van der Waals surface area contributed by atoms with E-state index in [4.69, 9.17) is 16.3 Å². The van der Waals surface area contributed by atoms with E-state index >= 15 is 0 Å². The van der Waals surface area contributed by atoms with Gasteiger partial charge in [0.05, 0.1) is 12.5 Å². The maximum atomic E-state index is 6.16. The lowest BCUT2D eigenvalue weighted by molar-refractivity contribution is 0.415. The molecule has 3 aromatic rings. The first-order chi connectivity index (χ1) is 11.7. The van der Waals surface area contributed by atoms with Gasteiger partial charge in [-0.2, -0.15) is 4.98 Å². The molecule has 0 saturated heterocycles. The van der Waals surface area contributed by atoms with E-state index < -0.39 is 0 Å². The summed E-state index contributed by atoms with van der Waals surface area (Å²) < 4.78 is 5.30. The fourth-order valence-electron chi connectivity index (χ4n) is 3.24. The molecule has 1 aromatic carbocycles. The van der Waals surface area contributed by atoms with Gasteiger partial charge < -0.3 is 10.1 Å². The summed E-state index contributed by atoms with van der Waals surface area (Å²) in [5.41, 5.74) is 2.33. The maximum absolute atomic E-state index is 6.16. The van der Waals surface area contributed by atoms with E-state index in [-0.39, 0.29) is 5.28 Å². The largest absolute Gasteiger partial charge is 0.497 e. The van der Waals surface area contributed by atoms with E-state index in [1.54, 1.807) is 18.4 Å². The van der Waals surface area contributed by atoms with Crippen LogP contribution >= 0.6 is 22.9 Å². The molecule has 0 saturated carbocycles. The van der Waals surface area contributed by atoms with Gasteiger partial charge in [-0.05, 0) is 55.0 Å². The molecule has 0 unspecified atom stereocenters. The SMILES string of the molecule is COc1cccc(Nc2nc(Cl)nc3sc4c(c23)CCCCC4)c1. The average Bonchev–Trinajstić information content (AvgIpc) is 2.76. The summed E-state index contributed by atoms with van der Waals surface area (Å²) in [6.07, 6.45) is 5.98. The molecule has 4 nitrogen and oxygen atoms in total. The molecular formula is C18H18ClN3OS. The third-order valence-corrected chi connectivity index (χ3v) is 5.72. The number of thiophene rings is 1. The standard InChI is InChI=1S/C18H18ClN3OS/c1-23-12-7-5-6-11(10-12)20-16-15-13-8-3-2-4-9-14(13)24-17(15)22-18(19)21-16/h5-7,10H,2-4,8-9H2,1H3,(H,20,21,22). The maximum Gasteiger partial charge on any atom is 0.225 e. The first-order valence-corrected chi connectivity index (χ1v) is 9.33. The van der Waals surface area contributed by atoms with Gasteiger partial charge in [-0.15, -0.1) is 11.3 Å². The molecule has 0 bridgehead atoms. The molecule has 0 atom stereocenters. The van der Waals surface area contributed by atoms with Crippen molar-refractivity contribution >= 4 is 44.7 Å². The van der Waals surface area contributed by atoms with Crippen molar-refractivity contribution in [2.75, 3.05) is 12.4 Å². The van der Waals surface area contributed by atoms with E-state index in [1.165, 1.54) is 29.7 Å². The normalized spacial score (nSPS) is 14.2. The van der Waals surface area contributed by atoms with Gasteiger partial charge in [-0.25, -0.2) is 4.98 Å². The predicted octanol–water partition coefficient (Wildman–Crippen LogP) is 5.37. The van der Waals surface area contributed by atoms with Gasteiger partial charge >= 0.3 is 0 Å². The molecule has 1 aliphatic rings. The average molecular weight is 360 g/mol. The summed E-state index contributed by atoms with van der Waals surface area (Å²) in [4.78, 5) is 11.3. The number of aryl methyl sites for hydroxylation is 2. The molecule has 4 rings (SSSR count). The zero-order valence-corrected chi connectivity index (χ0v) is 15.0. The minimum absolute atomic E-state index is 0.282. The van der Waals surface area contributed by atoms with E-state index in [0.29, 0.717) is 0 Å². The second kappa shape index (κ2) is 6.57. The molecule has 0 amide bonds. The summed E-state index contributed by atoms with van der Waals surface area (Å²) in [5, 5.41) is 4.82. The number of hydrogen-bond donors (Lipinski definition) is 1. The van der Waals surface area contributed by atoms with Gasteiger partial charge in [0, 0.05) is 16.6 Å². The Labute approximate surface area is 149 Å². The highest BCUT2D eigenvalue weighted by Gasteiger charge is 2.20. The minimum atomic E-state index is 0.282. The summed E-state index contributed by atoms with van der Waals surface area (Å²) >= 11 is 7.92. The Hall–Kier alpha value is -1.85. The molecule has 0 spiro atoms. The molecule has 0 radical (unpaired) electrons. The summed E-state index contributed by atoms with van der Waals surface area (Å²) in [5.74, 6) is 1.60. The first-order valence-electron chi connectivity index (χ1n) is 8.13. The molecule has 0 fully saturated rings. The molecule has 2 aromatic heterocycles. The van der Waals surface area contributed by atoms with Crippen LogP contribution in [0.5, 0.6) is 5.75 Å². The molecule has 1 N–H and O–H groups in total. The van der Waals surface area contributed by atoms with Gasteiger partial charge in [0.15, 0.2) is 0 Å². The Bertz CT molecular complexity index is 893. The van der Waals surface area contributed by atoms with Crippen LogP contribution in [0.1, 0.15) is 29.7 Å². The fourth-order valence-corrected chi connectivity index (χ4v) is 4.72. The van der Waals surface area contributed by atoms with E-state index in [1.807, 2.05) is 24.3 Å². The molecule has 2 heterocycles. The Balaban J connectivity index is 1.82. The number of benzene rings is 1. The van der Waals surface area contributed by atoms with Crippen molar-refractivity contribution in [2.24, 2.45) is 0 Å². The topological polar surface area (TPSA) is 47.0 Å².